The van der Waals surface area contributed by atoms with Gasteiger partial charge in [0.25, 0.3) is 0 Å². The second-order valence-corrected chi connectivity index (χ2v) is 11.6. The van der Waals surface area contributed by atoms with Crippen LogP contribution in [0.25, 0.3) is 0 Å². The fraction of sp³-hybridized carbons (Fsp3) is 0.167. The normalized spacial score (nSPS) is 11.1. The molecule has 0 atom stereocenters. The highest BCUT2D eigenvalue weighted by atomic mass is 31.2. The molecule has 0 radical (unpaired) electrons. The predicted molar refractivity (Wildman–Crippen MR) is 142 cm³/mol. The van der Waals surface area contributed by atoms with Gasteiger partial charge in [-0.2, -0.15) is 0 Å². The van der Waals surface area contributed by atoms with E-state index in [1.807, 2.05) is 12.1 Å². The maximum absolute atomic E-state index is 11.3. The summed E-state index contributed by atoms with van der Waals surface area (Å²) in [6, 6.07) is 41.1. The molecule has 0 aliphatic carbocycles. The van der Waals surface area contributed by atoms with Crippen molar-refractivity contribution in [2.45, 2.75) is 19.0 Å². The molecule has 0 saturated carbocycles. The largest absolute Gasteiger partial charge is 0.494 e. The van der Waals surface area contributed by atoms with Crippen LogP contribution in [-0.4, -0.2) is 19.7 Å². The van der Waals surface area contributed by atoms with Gasteiger partial charge in [0.15, 0.2) is 0 Å². The van der Waals surface area contributed by atoms with E-state index in [0.29, 0.717) is 19.4 Å². The minimum atomic E-state index is -1.92. The summed E-state index contributed by atoms with van der Waals surface area (Å²) in [7, 11) is -0.515. The Kier molecular flexibility index (Phi) is 8.12. The van der Waals surface area contributed by atoms with Gasteiger partial charge in [0, 0.05) is 6.42 Å². The predicted octanol–water partition coefficient (Wildman–Crippen LogP) is 5.51. The lowest BCUT2D eigenvalue weighted by Crippen LogP contribution is -2.32. The molecular weight excluding hydrogens is 439 g/mol. The SMILES string of the molecule is COC(=O)CCCOc1ccc(C[P+](c2ccccc2)(c2ccccc2)c2ccccc2)cc1. The number of carbonyl (C=O) groups is 1. The molecule has 0 spiro atoms. The van der Waals surface area contributed by atoms with Gasteiger partial charge in [-0.1, -0.05) is 66.7 Å². The summed E-state index contributed by atoms with van der Waals surface area (Å²) in [5.41, 5.74) is 1.27. The monoisotopic (exact) mass is 469 g/mol. The van der Waals surface area contributed by atoms with Crippen LogP contribution in [0.15, 0.2) is 115 Å². The van der Waals surface area contributed by atoms with E-state index in [2.05, 4.69) is 108 Å². The Morgan fingerprint density at radius 3 is 1.59 bits per heavy atom. The lowest BCUT2D eigenvalue weighted by atomic mass is 10.2. The van der Waals surface area contributed by atoms with Crippen molar-refractivity contribution < 1.29 is 14.3 Å². The highest BCUT2D eigenvalue weighted by Crippen LogP contribution is 2.58. The molecule has 0 aromatic heterocycles. The third-order valence-electron chi connectivity index (χ3n) is 5.96. The van der Waals surface area contributed by atoms with Crippen molar-refractivity contribution in [2.24, 2.45) is 0 Å². The molecule has 0 N–H and O–H groups in total. The van der Waals surface area contributed by atoms with Gasteiger partial charge in [-0.25, -0.2) is 0 Å². The van der Waals surface area contributed by atoms with E-state index < -0.39 is 7.26 Å². The van der Waals surface area contributed by atoms with E-state index in [-0.39, 0.29) is 5.97 Å². The second-order valence-electron chi connectivity index (χ2n) is 8.15. The molecule has 0 saturated heterocycles. The fourth-order valence-electron chi connectivity index (χ4n) is 4.24. The van der Waals surface area contributed by atoms with E-state index in [4.69, 9.17) is 4.74 Å². The Hall–Kier alpha value is -3.42. The van der Waals surface area contributed by atoms with Crippen LogP contribution in [-0.2, 0) is 15.7 Å². The molecule has 0 bridgehead atoms. The summed E-state index contributed by atoms with van der Waals surface area (Å²) >= 11 is 0. The number of rotatable bonds is 10. The van der Waals surface area contributed by atoms with Gasteiger partial charge in [0.05, 0.1) is 19.9 Å². The van der Waals surface area contributed by atoms with E-state index in [1.165, 1.54) is 28.6 Å². The maximum atomic E-state index is 11.3. The van der Waals surface area contributed by atoms with Crippen LogP contribution in [0.3, 0.4) is 0 Å². The first-order valence-corrected chi connectivity index (χ1v) is 13.5. The molecule has 0 amide bonds. The summed E-state index contributed by atoms with van der Waals surface area (Å²) in [6.45, 7) is 0.490. The molecule has 3 nitrogen and oxygen atoms in total. The number of carbonyl (C=O) groups excluding carboxylic acids is 1. The van der Waals surface area contributed by atoms with Crippen LogP contribution in [0.4, 0.5) is 0 Å². The van der Waals surface area contributed by atoms with Gasteiger partial charge in [-0.05, 0) is 60.5 Å². The molecule has 0 aliphatic heterocycles. The van der Waals surface area contributed by atoms with Crippen molar-refractivity contribution in [2.75, 3.05) is 13.7 Å². The number of esters is 1. The Bertz CT molecular complexity index is 1060. The number of hydrogen-bond donors (Lipinski definition) is 0. The second kappa shape index (κ2) is 11.6. The average molecular weight is 470 g/mol. The Morgan fingerprint density at radius 2 is 1.15 bits per heavy atom. The zero-order chi connectivity index (χ0) is 23.6. The third-order valence-corrected chi connectivity index (χ3v) is 10.3. The summed E-state index contributed by atoms with van der Waals surface area (Å²) in [5, 5.41) is 4.11. The molecule has 4 heteroatoms. The summed E-state index contributed by atoms with van der Waals surface area (Å²) in [5.74, 6) is 0.610. The van der Waals surface area contributed by atoms with Crippen molar-refractivity contribution in [3.63, 3.8) is 0 Å². The van der Waals surface area contributed by atoms with Crippen molar-refractivity contribution in [1.82, 2.24) is 0 Å². The number of ether oxygens (including phenoxy) is 2. The van der Waals surface area contributed by atoms with Crippen molar-refractivity contribution in [3.05, 3.63) is 121 Å². The lowest BCUT2D eigenvalue weighted by molar-refractivity contribution is -0.140. The molecular formula is C30H30O3P+. The van der Waals surface area contributed by atoms with Gasteiger partial charge < -0.3 is 9.47 Å². The maximum Gasteiger partial charge on any atom is 0.305 e. The first-order valence-electron chi connectivity index (χ1n) is 11.6. The van der Waals surface area contributed by atoms with Crippen LogP contribution in [0.2, 0.25) is 0 Å². The Balaban J connectivity index is 1.65. The van der Waals surface area contributed by atoms with Crippen molar-refractivity contribution in [3.8, 4) is 5.75 Å². The van der Waals surface area contributed by atoms with E-state index in [0.717, 1.165) is 11.9 Å². The zero-order valence-corrected chi connectivity index (χ0v) is 20.4. The standard InChI is InChI=1S/C30H30O3P/c1-32-30(31)18-11-23-33-26-21-19-25(20-22-26)24-34(27-12-5-2-6-13-27,28-14-7-3-8-15-28)29-16-9-4-10-17-29/h2-10,12-17,19-22H,11,18,23-24H2,1H3/q+1. The van der Waals surface area contributed by atoms with Crippen LogP contribution in [0.5, 0.6) is 5.75 Å². The van der Waals surface area contributed by atoms with Gasteiger partial charge in [0.2, 0.25) is 0 Å². The Morgan fingerprint density at radius 1 is 0.676 bits per heavy atom. The van der Waals surface area contributed by atoms with Gasteiger partial charge in [-0.3, -0.25) is 4.79 Å². The quantitative estimate of drug-likeness (QED) is 0.175. The molecule has 0 heterocycles. The van der Waals surface area contributed by atoms with Crippen LogP contribution < -0.4 is 20.7 Å². The number of hydrogen-bond acceptors (Lipinski definition) is 3. The van der Waals surface area contributed by atoms with Gasteiger partial charge >= 0.3 is 5.97 Å². The van der Waals surface area contributed by atoms with Gasteiger partial charge in [0.1, 0.15) is 28.9 Å². The number of methoxy groups -OCH3 is 1. The first-order chi connectivity index (χ1) is 16.7. The topological polar surface area (TPSA) is 35.5 Å². The average Bonchev–Trinajstić information content (AvgIpc) is 2.92. The lowest BCUT2D eigenvalue weighted by Gasteiger charge is -2.28. The van der Waals surface area contributed by atoms with E-state index in [9.17, 15) is 4.79 Å². The highest BCUT2D eigenvalue weighted by molar-refractivity contribution is 7.95. The summed E-state index contributed by atoms with van der Waals surface area (Å²) in [6.07, 6.45) is 1.93. The minimum absolute atomic E-state index is 0.206. The summed E-state index contributed by atoms with van der Waals surface area (Å²) in [4.78, 5) is 11.3. The third kappa shape index (κ3) is 5.55. The van der Waals surface area contributed by atoms with E-state index >= 15 is 0 Å². The molecule has 34 heavy (non-hydrogen) atoms. The van der Waals surface area contributed by atoms with Crippen LogP contribution in [0.1, 0.15) is 18.4 Å². The number of benzene rings is 4. The molecule has 0 unspecified atom stereocenters. The fourth-order valence-corrected chi connectivity index (χ4v) is 8.49. The van der Waals surface area contributed by atoms with Crippen LogP contribution >= 0.6 is 7.26 Å². The molecule has 0 fully saturated rings. The zero-order valence-electron chi connectivity index (χ0n) is 19.5. The minimum Gasteiger partial charge on any atom is -0.494 e. The Labute approximate surface area is 202 Å². The molecule has 4 rings (SSSR count). The molecule has 0 aliphatic rings. The molecule has 4 aromatic rings. The summed E-state index contributed by atoms with van der Waals surface area (Å²) < 4.78 is 10.5. The first kappa shape index (κ1) is 23.7. The van der Waals surface area contributed by atoms with Crippen molar-refractivity contribution in [1.29, 1.82) is 0 Å². The van der Waals surface area contributed by atoms with Gasteiger partial charge in [-0.15, -0.1) is 0 Å². The molecule has 172 valence electrons. The van der Waals surface area contributed by atoms with E-state index in [1.54, 1.807) is 0 Å². The molecule has 4 aromatic carbocycles. The van der Waals surface area contributed by atoms with Crippen molar-refractivity contribution >= 4 is 29.1 Å². The highest BCUT2D eigenvalue weighted by Gasteiger charge is 2.45. The smallest absolute Gasteiger partial charge is 0.305 e. The van der Waals surface area contributed by atoms with Crippen LogP contribution in [0, 0.1) is 0 Å².